The molecule has 0 atom stereocenters. The van der Waals surface area contributed by atoms with E-state index in [1.807, 2.05) is 10.6 Å². The number of carbonyl (C=O) groups excluding carboxylic acids is 1. The maximum absolute atomic E-state index is 12.9. The minimum absolute atomic E-state index is 0.00214. The van der Waals surface area contributed by atoms with Crippen molar-refractivity contribution in [2.45, 2.75) is 37.4 Å². The van der Waals surface area contributed by atoms with Crippen molar-refractivity contribution >= 4 is 16.8 Å². The monoisotopic (exact) mass is 414 g/mol. The van der Waals surface area contributed by atoms with E-state index in [1.165, 1.54) is 12.1 Å². The van der Waals surface area contributed by atoms with E-state index in [9.17, 15) is 23.1 Å². The minimum atomic E-state index is -4.38. The first-order valence-corrected chi connectivity index (χ1v) is 9.86. The van der Waals surface area contributed by atoms with Gasteiger partial charge in [-0.05, 0) is 54.5 Å². The van der Waals surface area contributed by atoms with Gasteiger partial charge in [-0.2, -0.15) is 13.2 Å². The van der Waals surface area contributed by atoms with Crippen LogP contribution in [0.25, 0.3) is 10.9 Å². The summed E-state index contributed by atoms with van der Waals surface area (Å²) >= 11 is 0. The van der Waals surface area contributed by atoms with Crippen LogP contribution in [0.1, 0.15) is 46.4 Å². The van der Waals surface area contributed by atoms with Crippen molar-refractivity contribution in [3.05, 3.63) is 70.9 Å². The van der Waals surface area contributed by atoms with E-state index in [4.69, 9.17) is 5.73 Å². The third kappa shape index (κ3) is 2.68. The van der Waals surface area contributed by atoms with Gasteiger partial charge in [0.25, 0.3) is 5.91 Å². The summed E-state index contributed by atoms with van der Waals surface area (Å²) in [5, 5.41) is 10.5. The van der Waals surface area contributed by atoms with E-state index in [2.05, 4.69) is 6.07 Å². The van der Waals surface area contributed by atoms with E-state index in [0.717, 1.165) is 42.5 Å². The molecule has 3 fully saturated rings. The summed E-state index contributed by atoms with van der Waals surface area (Å²) in [6, 6.07) is 12.6. The summed E-state index contributed by atoms with van der Waals surface area (Å²) in [7, 11) is 0. The number of fused-ring (bicyclic) bond motifs is 1. The molecule has 0 spiro atoms. The molecular formula is C23H21F3N2O2. The first-order chi connectivity index (χ1) is 14.2. The van der Waals surface area contributed by atoms with Crippen LogP contribution in [0.4, 0.5) is 13.2 Å². The normalized spacial score (nSPS) is 25.1. The number of aliphatic hydroxyl groups excluding tert-OH is 1. The highest BCUT2D eigenvalue weighted by Gasteiger charge is 2.68. The Balaban J connectivity index is 1.61. The van der Waals surface area contributed by atoms with E-state index >= 15 is 0 Å². The number of aromatic nitrogens is 1. The zero-order chi connectivity index (χ0) is 21.3. The molecular weight excluding hydrogens is 393 g/mol. The Labute approximate surface area is 171 Å². The van der Waals surface area contributed by atoms with Crippen LogP contribution >= 0.6 is 0 Å². The highest BCUT2D eigenvalue weighted by atomic mass is 19.4. The molecule has 4 nitrogen and oxygen atoms in total. The molecule has 3 aliphatic carbocycles. The van der Waals surface area contributed by atoms with Gasteiger partial charge in [0.05, 0.1) is 16.6 Å². The lowest BCUT2D eigenvalue weighted by atomic mass is 9.34. The van der Waals surface area contributed by atoms with Crippen LogP contribution < -0.4 is 5.73 Å². The molecule has 2 bridgehead atoms. The van der Waals surface area contributed by atoms with Gasteiger partial charge in [0.1, 0.15) is 0 Å². The van der Waals surface area contributed by atoms with Gasteiger partial charge in [-0.1, -0.05) is 24.3 Å². The van der Waals surface area contributed by atoms with E-state index in [1.54, 1.807) is 12.1 Å². The first-order valence-electron chi connectivity index (χ1n) is 9.86. The molecule has 0 aliphatic heterocycles. The Hall–Kier alpha value is -2.80. The lowest BCUT2D eigenvalue weighted by Gasteiger charge is -2.70. The highest BCUT2D eigenvalue weighted by Crippen LogP contribution is 2.73. The predicted molar refractivity (Wildman–Crippen MR) is 106 cm³/mol. The highest BCUT2D eigenvalue weighted by molar-refractivity contribution is 6.05. The van der Waals surface area contributed by atoms with Crippen LogP contribution in [-0.2, 0) is 18.1 Å². The molecule has 1 amide bonds. The number of benzene rings is 2. The van der Waals surface area contributed by atoms with E-state index in [0.29, 0.717) is 23.2 Å². The van der Waals surface area contributed by atoms with Gasteiger partial charge in [0.15, 0.2) is 0 Å². The van der Waals surface area contributed by atoms with Crippen molar-refractivity contribution in [3.63, 3.8) is 0 Å². The fourth-order valence-corrected chi connectivity index (χ4v) is 5.55. The number of nitrogens with zero attached hydrogens (tertiary/aromatic N) is 1. The molecule has 6 rings (SSSR count). The van der Waals surface area contributed by atoms with Crippen LogP contribution in [0.2, 0.25) is 0 Å². The van der Waals surface area contributed by atoms with Gasteiger partial charge < -0.3 is 15.4 Å². The summed E-state index contributed by atoms with van der Waals surface area (Å²) in [5.41, 5.74) is 7.75. The third-order valence-electron chi connectivity index (χ3n) is 6.83. The second-order valence-corrected chi connectivity index (χ2v) is 8.89. The van der Waals surface area contributed by atoms with Crippen molar-refractivity contribution in [3.8, 4) is 0 Å². The number of para-hydroxylation sites is 1. The molecule has 1 aromatic heterocycles. The average molecular weight is 414 g/mol. The average Bonchev–Trinajstić information content (AvgIpc) is 2.98. The lowest BCUT2D eigenvalue weighted by molar-refractivity contribution is -0.170. The van der Waals surface area contributed by atoms with Crippen molar-refractivity contribution < 1.29 is 23.1 Å². The third-order valence-corrected chi connectivity index (χ3v) is 6.83. The topological polar surface area (TPSA) is 68.2 Å². The standard InChI is InChI=1S/C23H21F3N2O2/c24-23(25,26)16-6-4-14(5-7-16)9-28-18(22-10-21(11-22,12-22)13-29)8-15-2-1-3-17(19(15)28)20(27)30/h1-8,29H,9-13H2,(H2,27,30). The van der Waals surface area contributed by atoms with Crippen molar-refractivity contribution in [1.29, 1.82) is 0 Å². The van der Waals surface area contributed by atoms with Gasteiger partial charge >= 0.3 is 6.18 Å². The molecule has 0 unspecified atom stereocenters. The smallest absolute Gasteiger partial charge is 0.396 e. The van der Waals surface area contributed by atoms with Gasteiger partial charge in [0, 0.05) is 29.6 Å². The van der Waals surface area contributed by atoms with E-state index in [-0.39, 0.29) is 17.4 Å². The summed E-state index contributed by atoms with van der Waals surface area (Å²) in [5.74, 6) is -0.539. The van der Waals surface area contributed by atoms with Gasteiger partial charge in [-0.25, -0.2) is 0 Å². The quantitative estimate of drug-likeness (QED) is 0.656. The van der Waals surface area contributed by atoms with Crippen LogP contribution in [0, 0.1) is 5.41 Å². The molecule has 156 valence electrons. The molecule has 3 saturated carbocycles. The number of rotatable bonds is 5. The number of primary amides is 1. The molecule has 3 aliphatic rings. The van der Waals surface area contributed by atoms with Crippen molar-refractivity contribution in [2.75, 3.05) is 6.61 Å². The summed E-state index contributed by atoms with van der Waals surface area (Å²) < 4.78 is 40.8. The second kappa shape index (κ2) is 6.11. The Morgan fingerprint density at radius 3 is 2.33 bits per heavy atom. The maximum atomic E-state index is 12.9. The molecule has 30 heavy (non-hydrogen) atoms. The summed E-state index contributed by atoms with van der Waals surface area (Å²) in [6.45, 7) is 0.509. The summed E-state index contributed by atoms with van der Waals surface area (Å²) in [4.78, 5) is 12.1. The van der Waals surface area contributed by atoms with Gasteiger partial charge in [0.2, 0.25) is 0 Å². The SMILES string of the molecule is NC(=O)c1cccc2cc(C34CC(CO)(C3)C4)n(Cc3ccc(C(F)(F)F)cc3)c12. The van der Waals surface area contributed by atoms with Crippen LogP contribution in [0.15, 0.2) is 48.5 Å². The van der Waals surface area contributed by atoms with Crippen LogP contribution in [0.3, 0.4) is 0 Å². The maximum Gasteiger partial charge on any atom is 0.416 e. The molecule has 0 radical (unpaired) electrons. The van der Waals surface area contributed by atoms with Gasteiger partial charge in [-0.15, -0.1) is 0 Å². The van der Waals surface area contributed by atoms with Crippen LogP contribution in [0.5, 0.6) is 0 Å². The Bertz CT molecular complexity index is 1140. The van der Waals surface area contributed by atoms with Gasteiger partial charge in [-0.3, -0.25) is 4.79 Å². The van der Waals surface area contributed by atoms with Crippen molar-refractivity contribution in [2.24, 2.45) is 11.1 Å². The Kier molecular flexibility index (Phi) is 3.90. The predicted octanol–water partition coefficient (Wildman–Crippen LogP) is 4.22. The Morgan fingerprint density at radius 2 is 1.77 bits per heavy atom. The molecule has 3 N–H and O–H groups in total. The fraction of sp³-hybridized carbons (Fsp3) is 0.348. The summed E-state index contributed by atoms with van der Waals surface area (Å²) in [6.07, 6.45) is -1.74. The van der Waals surface area contributed by atoms with Crippen LogP contribution in [-0.4, -0.2) is 22.2 Å². The molecule has 1 heterocycles. The molecule has 0 saturated heterocycles. The molecule has 2 aromatic carbocycles. The largest absolute Gasteiger partial charge is 0.416 e. The minimum Gasteiger partial charge on any atom is -0.396 e. The number of hydrogen-bond donors (Lipinski definition) is 2. The number of alkyl halides is 3. The number of halogens is 3. The number of nitrogens with two attached hydrogens (primary N) is 1. The number of aliphatic hydroxyl groups is 1. The Morgan fingerprint density at radius 1 is 1.10 bits per heavy atom. The number of amides is 1. The molecule has 7 heteroatoms. The van der Waals surface area contributed by atoms with Crippen molar-refractivity contribution in [1.82, 2.24) is 4.57 Å². The zero-order valence-corrected chi connectivity index (χ0v) is 16.2. The fourth-order valence-electron chi connectivity index (χ4n) is 5.55. The van der Waals surface area contributed by atoms with E-state index < -0.39 is 17.6 Å². The number of carbonyl (C=O) groups is 1. The first kappa shape index (κ1) is 19.2. The second-order valence-electron chi connectivity index (χ2n) is 8.89. The molecule has 3 aromatic rings. The lowest BCUT2D eigenvalue weighted by Crippen LogP contribution is -2.66. The zero-order valence-electron chi connectivity index (χ0n) is 16.2. The number of hydrogen-bond acceptors (Lipinski definition) is 2.